The van der Waals surface area contributed by atoms with Crippen molar-refractivity contribution in [1.82, 2.24) is 9.78 Å². The maximum atomic E-state index is 5.87. The van der Waals surface area contributed by atoms with Crippen molar-refractivity contribution in [3.05, 3.63) is 16.9 Å². The summed E-state index contributed by atoms with van der Waals surface area (Å²) in [7, 11) is 0. The lowest BCUT2D eigenvalue weighted by Crippen LogP contribution is -1.98. The van der Waals surface area contributed by atoms with E-state index < -0.39 is 0 Å². The van der Waals surface area contributed by atoms with Crippen LogP contribution in [-0.2, 0) is 6.54 Å². The monoisotopic (exact) mass is 220 g/mol. The predicted octanol–water partition coefficient (Wildman–Crippen LogP) is 3.25. The molecule has 0 aliphatic carbocycles. The van der Waals surface area contributed by atoms with Gasteiger partial charge in [-0.1, -0.05) is 18.0 Å². The second-order valence-corrected chi connectivity index (χ2v) is 3.86. The summed E-state index contributed by atoms with van der Waals surface area (Å²) in [6, 6.07) is 0. The van der Waals surface area contributed by atoms with Crippen molar-refractivity contribution in [2.45, 2.75) is 32.7 Å². The molecule has 0 unspecified atom stereocenters. The zero-order valence-corrected chi connectivity index (χ0v) is 9.28. The molecule has 0 N–H and O–H groups in total. The first-order valence-corrected chi connectivity index (χ1v) is 5.41. The fourth-order valence-corrected chi connectivity index (χ4v) is 1.49. The normalized spacial score (nSPS) is 10.7. The van der Waals surface area contributed by atoms with Crippen LogP contribution >= 0.6 is 23.2 Å². The SMILES string of the molecule is Cc1nn(CCCCCCl)cc1Cl. The summed E-state index contributed by atoms with van der Waals surface area (Å²) >= 11 is 11.4. The van der Waals surface area contributed by atoms with Crippen LogP contribution in [0.25, 0.3) is 0 Å². The molecular weight excluding hydrogens is 207 g/mol. The standard InChI is InChI=1S/C9H14Cl2N2/c1-8-9(11)7-13(12-8)6-4-2-3-5-10/h7H,2-6H2,1H3. The van der Waals surface area contributed by atoms with E-state index in [9.17, 15) is 0 Å². The molecule has 0 spiro atoms. The third-order valence-electron chi connectivity index (χ3n) is 1.91. The smallest absolute Gasteiger partial charge is 0.0814 e. The van der Waals surface area contributed by atoms with Crippen molar-refractivity contribution < 1.29 is 0 Å². The predicted molar refractivity (Wildman–Crippen MR) is 56.5 cm³/mol. The van der Waals surface area contributed by atoms with Crippen LogP contribution in [0.15, 0.2) is 6.20 Å². The Morgan fingerprint density at radius 2 is 2.15 bits per heavy atom. The minimum atomic E-state index is 0.748. The zero-order valence-electron chi connectivity index (χ0n) is 7.76. The fraction of sp³-hybridized carbons (Fsp3) is 0.667. The lowest BCUT2D eigenvalue weighted by Gasteiger charge is -1.99. The summed E-state index contributed by atoms with van der Waals surface area (Å²) in [6.07, 6.45) is 5.22. The number of halogens is 2. The van der Waals surface area contributed by atoms with Gasteiger partial charge in [0.05, 0.1) is 10.7 Å². The van der Waals surface area contributed by atoms with Gasteiger partial charge in [-0.15, -0.1) is 11.6 Å². The van der Waals surface area contributed by atoms with E-state index in [0.29, 0.717) is 0 Å². The molecule has 0 atom stereocenters. The van der Waals surface area contributed by atoms with Gasteiger partial charge in [-0.3, -0.25) is 4.68 Å². The highest BCUT2D eigenvalue weighted by atomic mass is 35.5. The lowest BCUT2D eigenvalue weighted by atomic mass is 10.2. The van der Waals surface area contributed by atoms with E-state index in [2.05, 4.69) is 5.10 Å². The Balaban J connectivity index is 2.29. The molecule has 2 nitrogen and oxygen atoms in total. The highest BCUT2D eigenvalue weighted by Gasteiger charge is 2.00. The Labute approximate surface area is 88.8 Å². The number of nitrogens with zero attached hydrogens (tertiary/aromatic N) is 2. The first kappa shape index (κ1) is 10.9. The molecule has 13 heavy (non-hydrogen) atoms. The van der Waals surface area contributed by atoms with Crippen molar-refractivity contribution in [2.24, 2.45) is 0 Å². The first-order chi connectivity index (χ1) is 6.24. The van der Waals surface area contributed by atoms with Gasteiger partial charge < -0.3 is 0 Å². The molecule has 1 aromatic heterocycles. The van der Waals surface area contributed by atoms with E-state index in [1.165, 1.54) is 0 Å². The summed E-state index contributed by atoms with van der Waals surface area (Å²) in [4.78, 5) is 0. The zero-order chi connectivity index (χ0) is 9.68. The van der Waals surface area contributed by atoms with E-state index in [-0.39, 0.29) is 0 Å². The average molecular weight is 221 g/mol. The Bertz CT molecular complexity index is 239. The number of hydrogen-bond acceptors (Lipinski definition) is 1. The van der Waals surface area contributed by atoms with Gasteiger partial charge in [0.2, 0.25) is 0 Å². The van der Waals surface area contributed by atoms with Crippen LogP contribution in [0.2, 0.25) is 5.02 Å². The van der Waals surface area contributed by atoms with E-state index in [0.717, 1.165) is 42.4 Å². The topological polar surface area (TPSA) is 17.8 Å². The van der Waals surface area contributed by atoms with E-state index in [4.69, 9.17) is 23.2 Å². The van der Waals surface area contributed by atoms with Crippen LogP contribution in [0.3, 0.4) is 0 Å². The van der Waals surface area contributed by atoms with Gasteiger partial charge >= 0.3 is 0 Å². The van der Waals surface area contributed by atoms with E-state index in [1.54, 1.807) is 0 Å². The maximum Gasteiger partial charge on any atom is 0.0814 e. The number of hydrogen-bond donors (Lipinski definition) is 0. The molecule has 1 aromatic rings. The largest absolute Gasteiger partial charge is 0.271 e. The van der Waals surface area contributed by atoms with Crippen LogP contribution in [-0.4, -0.2) is 15.7 Å². The van der Waals surface area contributed by atoms with Crippen molar-refractivity contribution in [2.75, 3.05) is 5.88 Å². The minimum Gasteiger partial charge on any atom is -0.271 e. The highest BCUT2D eigenvalue weighted by Crippen LogP contribution is 2.12. The van der Waals surface area contributed by atoms with Crippen LogP contribution in [0.1, 0.15) is 25.0 Å². The van der Waals surface area contributed by atoms with Gasteiger partial charge in [-0.2, -0.15) is 5.10 Å². The number of aromatic nitrogens is 2. The lowest BCUT2D eigenvalue weighted by molar-refractivity contribution is 0.551. The van der Waals surface area contributed by atoms with Gasteiger partial charge in [0, 0.05) is 18.6 Å². The van der Waals surface area contributed by atoms with E-state index >= 15 is 0 Å². The molecule has 4 heteroatoms. The van der Waals surface area contributed by atoms with Crippen molar-refractivity contribution in [3.8, 4) is 0 Å². The molecule has 0 aliphatic rings. The quantitative estimate of drug-likeness (QED) is 0.551. The number of unbranched alkanes of at least 4 members (excludes halogenated alkanes) is 2. The van der Waals surface area contributed by atoms with Gasteiger partial charge in [-0.25, -0.2) is 0 Å². The van der Waals surface area contributed by atoms with Crippen molar-refractivity contribution in [1.29, 1.82) is 0 Å². The average Bonchev–Trinajstić information content (AvgIpc) is 2.41. The van der Waals surface area contributed by atoms with E-state index in [1.807, 2.05) is 17.8 Å². The molecule has 0 amide bonds. The van der Waals surface area contributed by atoms with Gasteiger partial charge in [0.1, 0.15) is 0 Å². The second kappa shape index (κ2) is 5.51. The molecule has 0 bridgehead atoms. The molecule has 0 fully saturated rings. The third kappa shape index (κ3) is 3.57. The molecule has 0 radical (unpaired) electrons. The molecule has 0 saturated heterocycles. The van der Waals surface area contributed by atoms with Crippen LogP contribution in [0.4, 0.5) is 0 Å². The first-order valence-electron chi connectivity index (χ1n) is 4.49. The third-order valence-corrected chi connectivity index (χ3v) is 2.55. The fourth-order valence-electron chi connectivity index (χ4n) is 1.15. The summed E-state index contributed by atoms with van der Waals surface area (Å²) in [5.41, 5.74) is 0.902. The molecule has 0 saturated carbocycles. The molecule has 0 aromatic carbocycles. The van der Waals surface area contributed by atoms with Crippen LogP contribution in [0, 0.1) is 6.92 Å². The molecule has 1 heterocycles. The number of rotatable bonds is 5. The van der Waals surface area contributed by atoms with Crippen molar-refractivity contribution in [3.63, 3.8) is 0 Å². The van der Waals surface area contributed by atoms with Gasteiger partial charge in [0.25, 0.3) is 0 Å². The maximum absolute atomic E-state index is 5.87. The summed E-state index contributed by atoms with van der Waals surface area (Å²) in [5, 5.41) is 5.01. The molecule has 0 aliphatic heterocycles. The highest BCUT2D eigenvalue weighted by molar-refractivity contribution is 6.31. The summed E-state index contributed by atoms with van der Waals surface area (Å²) in [6.45, 7) is 2.85. The Kier molecular flexibility index (Phi) is 4.60. The Hall–Kier alpha value is -0.210. The summed E-state index contributed by atoms with van der Waals surface area (Å²) in [5.74, 6) is 0.749. The van der Waals surface area contributed by atoms with Crippen LogP contribution in [0.5, 0.6) is 0 Å². The Morgan fingerprint density at radius 3 is 2.69 bits per heavy atom. The van der Waals surface area contributed by atoms with Crippen molar-refractivity contribution >= 4 is 23.2 Å². The molecule has 1 rings (SSSR count). The summed E-state index contributed by atoms with van der Waals surface area (Å²) < 4.78 is 1.89. The Morgan fingerprint density at radius 1 is 1.38 bits per heavy atom. The molecular formula is C9H14Cl2N2. The number of alkyl halides is 1. The second-order valence-electron chi connectivity index (χ2n) is 3.08. The molecule has 74 valence electrons. The van der Waals surface area contributed by atoms with Gasteiger partial charge in [0.15, 0.2) is 0 Å². The minimum absolute atomic E-state index is 0.748. The van der Waals surface area contributed by atoms with Crippen LogP contribution < -0.4 is 0 Å². The number of aryl methyl sites for hydroxylation is 2. The van der Waals surface area contributed by atoms with Gasteiger partial charge in [-0.05, 0) is 19.8 Å².